The van der Waals surface area contributed by atoms with Crippen LogP contribution in [-0.4, -0.2) is 45.4 Å². The Morgan fingerprint density at radius 1 is 1.15 bits per heavy atom. The van der Waals surface area contributed by atoms with Crippen molar-refractivity contribution in [2.45, 2.75) is 15.9 Å². The average molecular weight is 398 g/mol. The zero-order valence-corrected chi connectivity index (χ0v) is 15.8. The Bertz CT molecular complexity index is 855. The summed E-state index contributed by atoms with van der Waals surface area (Å²) < 4.78 is 38.0. The number of benzene rings is 2. The lowest BCUT2D eigenvalue weighted by Gasteiger charge is -2.24. The van der Waals surface area contributed by atoms with E-state index in [1.54, 1.807) is 36.4 Å². The van der Waals surface area contributed by atoms with Gasteiger partial charge in [-0.1, -0.05) is 11.8 Å². The number of halogens is 1. The van der Waals surface area contributed by atoms with E-state index in [0.717, 1.165) is 20.4 Å². The Balaban J connectivity index is 2.19. The number of aliphatic hydroxyl groups excluding tert-OH is 1. The van der Waals surface area contributed by atoms with E-state index < -0.39 is 22.0 Å². The van der Waals surface area contributed by atoms with E-state index in [4.69, 9.17) is 0 Å². The van der Waals surface area contributed by atoms with Crippen LogP contribution in [0.15, 0.2) is 58.3 Å². The van der Waals surface area contributed by atoms with Crippen LogP contribution >= 0.6 is 11.8 Å². The minimum Gasteiger partial charge on any atom is -0.381 e. The second-order valence-corrected chi connectivity index (χ2v) is 8.53. The second-order valence-electron chi connectivity index (χ2n) is 5.47. The van der Waals surface area contributed by atoms with Gasteiger partial charge in [0.1, 0.15) is 5.82 Å². The quantitative estimate of drug-likeness (QED) is 0.743. The number of sulfonamides is 1. The number of hydrogen-bond donors (Lipinski definition) is 2. The number of carbonyl (C=O) groups is 1. The highest BCUT2D eigenvalue weighted by atomic mass is 32.2. The number of likely N-dealkylation sites (N-methyl/N-ethyl adjacent to an activating group) is 1. The van der Waals surface area contributed by atoms with Crippen molar-refractivity contribution in [3.8, 4) is 0 Å². The molecular formula is C17H19FN2O4S2. The molecule has 2 rings (SSSR count). The molecule has 0 radical (unpaired) electrons. The van der Waals surface area contributed by atoms with Crippen molar-refractivity contribution in [2.24, 2.45) is 0 Å². The molecule has 140 valence electrons. The van der Waals surface area contributed by atoms with E-state index in [1.165, 1.54) is 30.9 Å². The summed E-state index contributed by atoms with van der Waals surface area (Å²) in [6, 6.07) is 12.6. The topological polar surface area (TPSA) is 86.7 Å². The van der Waals surface area contributed by atoms with Gasteiger partial charge < -0.3 is 10.4 Å². The summed E-state index contributed by atoms with van der Waals surface area (Å²) >= 11 is 1.40. The van der Waals surface area contributed by atoms with Gasteiger partial charge in [0, 0.05) is 16.8 Å². The lowest BCUT2D eigenvalue weighted by atomic mass is 10.3. The van der Waals surface area contributed by atoms with Crippen LogP contribution in [0.3, 0.4) is 0 Å². The fraction of sp³-hybridized carbons (Fsp3) is 0.235. The van der Waals surface area contributed by atoms with Crippen LogP contribution < -0.4 is 9.62 Å². The first kappa shape index (κ1) is 20.2. The molecule has 0 aromatic heterocycles. The van der Waals surface area contributed by atoms with Crippen molar-refractivity contribution >= 4 is 33.4 Å². The molecule has 1 atom stereocenters. The first-order valence-electron chi connectivity index (χ1n) is 7.61. The van der Waals surface area contributed by atoms with E-state index >= 15 is 0 Å². The summed E-state index contributed by atoms with van der Waals surface area (Å²) in [6.45, 7) is -0.386. The molecule has 0 heterocycles. The average Bonchev–Trinajstić information content (AvgIpc) is 2.60. The molecule has 0 bridgehead atoms. The molecule has 0 unspecified atom stereocenters. The molecule has 0 saturated carbocycles. The van der Waals surface area contributed by atoms with E-state index in [0.29, 0.717) is 5.69 Å². The summed E-state index contributed by atoms with van der Waals surface area (Å²) in [5.74, 6) is -0.981. The number of nitrogens with one attached hydrogen (secondary N) is 1. The van der Waals surface area contributed by atoms with E-state index in [1.807, 2.05) is 0 Å². The Kier molecular flexibility index (Phi) is 6.63. The van der Waals surface area contributed by atoms with Crippen molar-refractivity contribution in [1.82, 2.24) is 5.32 Å². The van der Waals surface area contributed by atoms with Crippen LogP contribution in [-0.2, 0) is 14.8 Å². The maximum atomic E-state index is 12.9. The molecule has 6 nitrogen and oxygen atoms in total. The minimum atomic E-state index is -3.69. The number of carbonyl (C=O) groups excluding carboxylic acids is 1. The van der Waals surface area contributed by atoms with Gasteiger partial charge in [0.05, 0.1) is 18.5 Å². The second kappa shape index (κ2) is 8.52. The molecule has 0 spiro atoms. The molecule has 2 aromatic rings. The van der Waals surface area contributed by atoms with Gasteiger partial charge in [-0.25, -0.2) is 12.8 Å². The number of amides is 1. The van der Waals surface area contributed by atoms with Crippen molar-refractivity contribution in [1.29, 1.82) is 0 Å². The monoisotopic (exact) mass is 398 g/mol. The maximum absolute atomic E-state index is 12.9. The van der Waals surface area contributed by atoms with E-state index in [9.17, 15) is 22.7 Å². The predicted octanol–water partition coefficient (Wildman–Crippen LogP) is 1.85. The fourth-order valence-electron chi connectivity index (χ4n) is 2.16. The van der Waals surface area contributed by atoms with Crippen molar-refractivity contribution in [3.05, 3.63) is 54.3 Å². The van der Waals surface area contributed by atoms with Gasteiger partial charge in [0.2, 0.25) is 15.9 Å². The van der Waals surface area contributed by atoms with Gasteiger partial charge in [0.25, 0.3) is 0 Å². The Morgan fingerprint density at radius 3 is 2.12 bits per heavy atom. The Labute approximate surface area is 156 Å². The molecular weight excluding hydrogens is 379 g/mol. The summed E-state index contributed by atoms with van der Waals surface area (Å²) in [5.41, 5.74) is 0.332. The molecule has 0 saturated heterocycles. The lowest BCUT2D eigenvalue weighted by Crippen LogP contribution is -2.43. The summed E-state index contributed by atoms with van der Waals surface area (Å²) in [5, 5.41) is 12.1. The highest BCUT2D eigenvalue weighted by Gasteiger charge is 2.24. The van der Waals surface area contributed by atoms with Crippen LogP contribution in [0.5, 0.6) is 0 Å². The first-order chi connectivity index (χ1) is 12.2. The molecule has 2 N–H and O–H groups in total. The van der Waals surface area contributed by atoms with Crippen LogP contribution in [0, 0.1) is 5.82 Å². The number of hydrogen-bond acceptors (Lipinski definition) is 5. The maximum Gasteiger partial charge on any atom is 0.250 e. The van der Waals surface area contributed by atoms with Crippen molar-refractivity contribution in [3.63, 3.8) is 0 Å². The van der Waals surface area contributed by atoms with Gasteiger partial charge in [-0.05, 0) is 48.5 Å². The van der Waals surface area contributed by atoms with Crippen LogP contribution in [0.2, 0.25) is 0 Å². The highest BCUT2D eigenvalue weighted by Crippen LogP contribution is 2.30. The lowest BCUT2D eigenvalue weighted by molar-refractivity contribution is -0.128. The third-order valence-electron chi connectivity index (χ3n) is 3.46. The Morgan fingerprint density at radius 2 is 1.65 bits per heavy atom. The zero-order chi connectivity index (χ0) is 19.3. The highest BCUT2D eigenvalue weighted by molar-refractivity contribution is 7.99. The van der Waals surface area contributed by atoms with Gasteiger partial charge in [0.15, 0.2) is 6.10 Å². The third-order valence-corrected chi connectivity index (χ3v) is 5.64. The van der Waals surface area contributed by atoms with Crippen LogP contribution in [0.1, 0.15) is 0 Å². The standard InChI is InChI=1S/C17H19FN2O4S2/c1-19-17(22)16(21)11-20(26(2,23)24)13-5-9-15(10-6-13)25-14-7-3-12(18)4-8-14/h3-10,16,21H,11H2,1-2H3,(H,19,22)/t16-/m0/s1. The SMILES string of the molecule is CNC(=O)[C@@H](O)CN(c1ccc(Sc2ccc(F)cc2)cc1)S(C)(=O)=O. The Hall–Kier alpha value is -2.10. The largest absolute Gasteiger partial charge is 0.381 e. The van der Waals surface area contributed by atoms with Gasteiger partial charge >= 0.3 is 0 Å². The smallest absolute Gasteiger partial charge is 0.250 e. The van der Waals surface area contributed by atoms with Crippen molar-refractivity contribution in [2.75, 3.05) is 24.2 Å². The molecule has 2 aromatic carbocycles. The van der Waals surface area contributed by atoms with Gasteiger partial charge in [-0.3, -0.25) is 9.10 Å². The molecule has 1 amide bonds. The van der Waals surface area contributed by atoms with Crippen LogP contribution in [0.25, 0.3) is 0 Å². The van der Waals surface area contributed by atoms with Crippen LogP contribution in [0.4, 0.5) is 10.1 Å². The number of rotatable bonds is 7. The molecule has 0 aliphatic heterocycles. The summed E-state index contributed by atoms with van der Waals surface area (Å²) in [6.07, 6.45) is -0.479. The minimum absolute atomic E-state index is 0.317. The predicted molar refractivity (Wildman–Crippen MR) is 99.2 cm³/mol. The number of aliphatic hydroxyl groups is 1. The molecule has 26 heavy (non-hydrogen) atoms. The third kappa shape index (κ3) is 5.45. The first-order valence-corrected chi connectivity index (χ1v) is 10.3. The van der Waals surface area contributed by atoms with E-state index in [2.05, 4.69) is 5.32 Å². The normalized spacial score (nSPS) is 12.5. The van der Waals surface area contributed by atoms with Gasteiger partial charge in [-0.15, -0.1) is 0 Å². The molecule has 0 aliphatic carbocycles. The zero-order valence-electron chi connectivity index (χ0n) is 14.2. The van der Waals surface area contributed by atoms with Gasteiger partial charge in [-0.2, -0.15) is 0 Å². The fourth-order valence-corrected chi connectivity index (χ4v) is 3.89. The summed E-state index contributed by atoms with van der Waals surface area (Å²) in [7, 11) is -2.33. The number of anilines is 1. The molecule has 9 heteroatoms. The van der Waals surface area contributed by atoms with Crippen molar-refractivity contribution < 1.29 is 22.7 Å². The molecule has 0 aliphatic rings. The number of nitrogens with zero attached hydrogens (tertiary/aromatic N) is 1. The molecule has 0 fully saturated rings. The summed E-state index contributed by atoms with van der Waals surface area (Å²) in [4.78, 5) is 13.1. The van der Waals surface area contributed by atoms with E-state index in [-0.39, 0.29) is 12.4 Å².